The Morgan fingerprint density at radius 3 is 2.44 bits per heavy atom. The summed E-state index contributed by atoms with van der Waals surface area (Å²) in [7, 11) is 0. The summed E-state index contributed by atoms with van der Waals surface area (Å²) in [5.74, 6) is -2.63. The molecule has 1 aromatic rings. The largest absolute Gasteiger partial charge is 0.398 e. The molecule has 0 radical (unpaired) electrons. The van der Waals surface area contributed by atoms with Crippen LogP contribution in [-0.2, 0) is 0 Å². The van der Waals surface area contributed by atoms with Gasteiger partial charge in [-0.1, -0.05) is 20.8 Å². The lowest BCUT2D eigenvalue weighted by Gasteiger charge is -2.23. The van der Waals surface area contributed by atoms with E-state index < -0.39 is 17.5 Å². The standard InChI is InChI=1S/C13H18F2N2O/c1-4-13(2,3)7-17-12(18)8-5-9(14)10(15)6-11(8)16/h5-6H,4,7,16H2,1-3H3,(H,17,18). The number of amides is 1. The number of nitrogens with one attached hydrogen (secondary N) is 1. The second-order valence-electron chi connectivity index (χ2n) is 5.05. The highest BCUT2D eigenvalue weighted by atomic mass is 19.2. The van der Waals surface area contributed by atoms with E-state index in [4.69, 9.17) is 5.73 Å². The van der Waals surface area contributed by atoms with Crippen molar-refractivity contribution in [3.8, 4) is 0 Å². The molecule has 0 heterocycles. The maximum Gasteiger partial charge on any atom is 0.253 e. The van der Waals surface area contributed by atoms with Crippen LogP contribution in [-0.4, -0.2) is 12.5 Å². The molecule has 5 heteroatoms. The van der Waals surface area contributed by atoms with E-state index in [1.54, 1.807) is 0 Å². The number of nitrogens with two attached hydrogens (primary N) is 1. The predicted octanol–water partition coefficient (Wildman–Crippen LogP) is 2.71. The normalized spacial score (nSPS) is 11.4. The van der Waals surface area contributed by atoms with Gasteiger partial charge >= 0.3 is 0 Å². The van der Waals surface area contributed by atoms with E-state index in [-0.39, 0.29) is 16.7 Å². The molecule has 0 saturated heterocycles. The van der Waals surface area contributed by atoms with Crippen molar-refractivity contribution in [2.75, 3.05) is 12.3 Å². The molecule has 0 unspecified atom stereocenters. The van der Waals surface area contributed by atoms with Crippen LogP contribution < -0.4 is 11.1 Å². The Kier molecular flexibility index (Phi) is 4.27. The molecule has 1 rings (SSSR count). The van der Waals surface area contributed by atoms with Crippen molar-refractivity contribution in [3.63, 3.8) is 0 Å². The molecule has 0 aliphatic rings. The predicted molar refractivity (Wildman–Crippen MR) is 67.2 cm³/mol. The van der Waals surface area contributed by atoms with E-state index in [1.807, 2.05) is 20.8 Å². The van der Waals surface area contributed by atoms with Gasteiger partial charge in [0.25, 0.3) is 5.91 Å². The number of hydrogen-bond donors (Lipinski definition) is 2. The molecule has 1 aromatic carbocycles. The van der Waals surface area contributed by atoms with Crippen molar-refractivity contribution >= 4 is 11.6 Å². The molecule has 100 valence electrons. The fourth-order valence-electron chi connectivity index (χ4n) is 1.30. The molecule has 0 aliphatic heterocycles. The van der Waals surface area contributed by atoms with Gasteiger partial charge in [-0.3, -0.25) is 4.79 Å². The number of hydrogen-bond acceptors (Lipinski definition) is 2. The van der Waals surface area contributed by atoms with Gasteiger partial charge in [0.2, 0.25) is 0 Å². The second-order valence-corrected chi connectivity index (χ2v) is 5.05. The first kappa shape index (κ1) is 14.4. The fraction of sp³-hybridized carbons (Fsp3) is 0.462. The van der Waals surface area contributed by atoms with E-state index in [1.165, 1.54) is 0 Å². The molecular formula is C13H18F2N2O. The Bertz CT molecular complexity index is 459. The average molecular weight is 256 g/mol. The van der Waals surface area contributed by atoms with E-state index in [0.717, 1.165) is 18.6 Å². The SMILES string of the molecule is CCC(C)(C)CNC(=O)c1cc(F)c(F)cc1N. The molecule has 0 aliphatic carbocycles. The summed E-state index contributed by atoms with van der Waals surface area (Å²) in [6.07, 6.45) is 0.889. The zero-order chi connectivity index (χ0) is 13.9. The molecule has 0 bridgehead atoms. The van der Waals surface area contributed by atoms with Crippen LogP contribution in [0.4, 0.5) is 14.5 Å². The summed E-state index contributed by atoms with van der Waals surface area (Å²) in [5.41, 5.74) is 5.33. The van der Waals surface area contributed by atoms with Crippen LogP contribution in [0.5, 0.6) is 0 Å². The molecule has 3 nitrogen and oxygen atoms in total. The zero-order valence-electron chi connectivity index (χ0n) is 10.8. The number of carbonyl (C=O) groups is 1. The third kappa shape index (κ3) is 3.42. The molecule has 0 aromatic heterocycles. The summed E-state index contributed by atoms with van der Waals surface area (Å²) in [4.78, 5) is 11.8. The molecule has 0 spiro atoms. The van der Waals surface area contributed by atoms with Gasteiger partial charge in [-0.05, 0) is 17.9 Å². The highest BCUT2D eigenvalue weighted by Gasteiger charge is 2.19. The number of benzene rings is 1. The monoisotopic (exact) mass is 256 g/mol. The molecule has 3 N–H and O–H groups in total. The van der Waals surface area contributed by atoms with Crippen LogP contribution >= 0.6 is 0 Å². The zero-order valence-corrected chi connectivity index (χ0v) is 10.8. The number of halogens is 2. The van der Waals surface area contributed by atoms with Gasteiger partial charge < -0.3 is 11.1 Å². The third-order valence-corrected chi connectivity index (χ3v) is 3.02. The molecule has 1 amide bonds. The lowest BCUT2D eigenvalue weighted by molar-refractivity contribution is 0.0936. The van der Waals surface area contributed by atoms with Crippen LogP contribution in [0.3, 0.4) is 0 Å². The maximum atomic E-state index is 13.0. The lowest BCUT2D eigenvalue weighted by atomic mass is 9.90. The highest BCUT2D eigenvalue weighted by molar-refractivity contribution is 5.99. The average Bonchev–Trinajstić information content (AvgIpc) is 2.31. The fourth-order valence-corrected chi connectivity index (χ4v) is 1.30. The van der Waals surface area contributed by atoms with E-state index in [2.05, 4.69) is 5.32 Å². The molecule has 18 heavy (non-hydrogen) atoms. The van der Waals surface area contributed by atoms with Crippen molar-refractivity contribution in [2.24, 2.45) is 5.41 Å². The topological polar surface area (TPSA) is 55.1 Å². The number of carbonyl (C=O) groups excluding carboxylic acids is 1. The Balaban J connectivity index is 2.82. The minimum absolute atomic E-state index is 0.0409. The van der Waals surface area contributed by atoms with Gasteiger partial charge in [0.05, 0.1) is 5.56 Å². The molecule has 0 atom stereocenters. The maximum absolute atomic E-state index is 13.0. The molecular weight excluding hydrogens is 238 g/mol. The highest BCUT2D eigenvalue weighted by Crippen LogP contribution is 2.20. The van der Waals surface area contributed by atoms with Crippen molar-refractivity contribution in [1.29, 1.82) is 0 Å². The van der Waals surface area contributed by atoms with Crippen molar-refractivity contribution < 1.29 is 13.6 Å². The smallest absolute Gasteiger partial charge is 0.253 e. The number of anilines is 1. The van der Waals surface area contributed by atoms with Crippen molar-refractivity contribution in [1.82, 2.24) is 5.32 Å². The Labute approximate surface area is 105 Å². The third-order valence-electron chi connectivity index (χ3n) is 3.02. The quantitative estimate of drug-likeness (QED) is 0.814. The Morgan fingerprint density at radius 1 is 1.33 bits per heavy atom. The summed E-state index contributed by atoms with van der Waals surface area (Å²) < 4.78 is 25.9. The van der Waals surface area contributed by atoms with Crippen LogP contribution in [0.2, 0.25) is 0 Å². The van der Waals surface area contributed by atoms with E-state index >= 15 is 0 Å². The van der Waals surface area contributed by atoms with Gasteiger partial charge in [-0.25, -0.2) is 8.78 Å². The van der Waals surface area contributed by atoms with Crippen molar-refractivity contribution in [3.05, 3.63) is 29.3 Å². The van der Waals surface area contributed by atoms with E-state index in [0.29, 0.717) is 6.54 Å². The first-order valence-corrected chi connectivity index (χ1v) is 5.79. The van der Waals surface area contributed by atoms with Crippen LogP contribution in [0.25, 0.3) is 0 Å². The van der Waals surface area contributed by atoms with Gasteiger partial charge in [-0.2, -0.15) is 0 Å². The van der Waals surface area contributed by atoms with Gasteiger partial charge in [0.15, 0.2) is 11.6 Å². The first-order chi connectivity index (χ1) is 8.26. The van der Waals surface area contributed by atoms with Crippen LogP contribution in [0, 0.1) is 17.0 Å². The Morgan fingerprint density at radius 2 is 1.89 bits per heavy atom. The van der Waals surface area contributed by atoms with Gasteiger partial charge in [0, 0.05) is 18.3 Å². The summed E-state index contributed by atoms with van der Waals surface area (Å²) in [5, 5.41) is 2.67. The molecule has 0 fully saturated rings. The van der Waals surface area contributed by atoms with Crippen LogP contribution in [0.15, 0.2) is 12.1 Å². The number of nitrogen functional groups attached to an aromatic ring is 1. The Hall–Kier alpha value is -1.65. The number of rotatable bonds is 4. The minimum atomic E-state index is -1.08. The van der Waals surface area contributed by atoms with Crippen LogP contribution in [0.1, 0.15) is 37.6 Å². The first-order valence-electron chi connectivity index (χ1n) is 5.79. The summed E-state index contributed by atoms with van der Waals surface area (Å²) in [6.45, 7) is 6.46. The molecule has 0 saturated carbocycles. The van der Waals surface area contributed by atoms with Gasteiger partial charge in [-0.15, -0.1) is 0 Å². The van der Waals surface area contributed by atoms with Gasteiger partial charge in [0.1, 0.15) is 0 Å². The van der Waals surface area contributed by atoms with E-state index in [9.17, 15) is 13.6 Å². The van der Waals surface area contributed by atoms with Crippen molar-refractivity contribution in [2.45, 2.75) is 27.2 Å². The minimum Gasteiger partial charge on any atom is -0.398 e. The lowest BCUT2D eigenvalue weighted by Crippen LogP contribution is -2.34. The summed E-state index contributed by atoms with van der Waals surface area (Å²) in [6, 6.07) is 1.63. The summed E-state index contributed by atoms with van der Waals surface area (Å²) >= 11 is 0. The second kappa shape index (κ2) is 5.33.